The predicted molar refractivity (Wildman–Crippen MR) is 132 cm³/mol. The smallest absolute Gasteiger partial charge is 0.141 e. The van der Waals surface area contributed by atoms with Crippen molar-refractivity contribution in [1.29, 1.82) is 10.5 Å². The van der Waals surface area contributed by atoms with E-state index in [1.165, 1.54) is 0 Å². The molecule has 0 unspecified atom stereocenters. The van der Waals surface area contributed by atoms with Crippen LogP contribution in [0.2, 0.25) is 0 Å². The van der Waals surface area contributed by atoms with E-state index in [0.717, 1.165) is 44.4 Å². The molecule has 5 aromatic rings. The summed E-state index contributed by atoms with van der Waals surface area (Å²) >= 11 is 0. The fourth-order valence-corrected chi connectivity index (χ4v) is 4.79. The summed E-state index contributed by atoms with van der Waals surface area (Å²) in [7, 11) is 0. The third-order valence-corrected chi connectivity index (χ3v) is 6.51. The largest absolute Gasteiger partial charge is 0.489 e. The number of rotatable bonds is 1. The molecule has 6 heteroatoms. The van der Waals surface area contributed by atoms with Crippen LogP contribution in [0.15, 0.2) is 79.3 Å². The Balaban J connectivity index is 1.70. The number of nitrogens with zero attached hydrogens (tertiary/aromatic N) is 5. The summed E-state index contributed by atoms with van der Waals surface area (Å²) < 4.78 is 8.28. The van der Waals surface area contributed by atoms with Gasteiger partial charge in [-0.3, -0.25) is 0 Å². The Bertz CT molecular complexity index is 1700. The number of aryl methyl sites for hydroxylation is 1. The van der Waals surface area contributed by atoms with E-state index < -0.39 is 0 Å². The minimum Gasteiger partial charge on any atom is -0.489 e. The quantitative estimate of drug-likeness (QED) is 0.326. The molecule has 1 aliphatic rings. The molecule has 6 nitrogen and oxygen atoms in total. The lowest BCUT2D eigenvalue weighted by Gasteiger charge is -2.23. The van der Waals surface area contributed by atoms with Gasteiger partial charge < -0.3 is 9.30 Å². The van der Waals surface area contributed by atoms with Crippen LogP contribution in [-0.4, -0.2) is 14.5 Å². The maximum Gasteiger partial charge on any atom is 0.141 e. The molecule has 0 fully saturated rings. The van der Waals surface area contributed by atoms with Crippen LogP contribution in [0, 0.1) is 29.6 Å². The molecule has 1 atom stereocenters. The first-order valence-corrected chi connectivity index (χ1v) is 11.2. The van der Waals surface area contributed by atoms with Crippen LogP contribution < -0.4 is 4.74 Å². The first kappa shape index (κ1) is 20.7. The summed E-state index contributed by atoms with van der Waals surface area (Å²) in [5.74, 6) is 0.692. The Morgan fingerprint density at radius 2 is 1.83 bits per heavy atom. The lowest BCUT2D eigenvalue weighted by atomic mass is 9.92. The first-order valence-electron chi connectivity index (χ1n) is 11.2. The first-order chi connectivity index (χ1) is 17.1. The summed E-state index contributed by atoms with van der Waals surface area (Å²) in [6.45, 7) is 2.29. The number of imidazole rings is 1. The molecule has 1 aliphatic heterocycles. The lowest BCUT2D eigenvalue weighted by Crippen LogP contribution is -2.14. The molecule has 0 N–H and O–H groups in total. The second-order valence-corrected chi connectivity index (χ2v) is 8.63. The third-order valence-electron chi connectivity index (χ3n) is 6.51. The molecule has 0 amide bonds. The number of nitriles is 2. The van der Waals surface area contributed by atoms with Gasteiger partial charge in [-0.05, 0) is 71.6 Å². The second-order valence-electron chi connectivity index (χ2n) is 8.63. The zero-order valence-electron chi connectivity index (χ0n) is 18.9. The van der Waals surface area contributed by atoms with Crippen LogP contribution in [0.1, 0.15) is 39.7 Å². The van der Waals surface area contributed by atoms with Crippen molar-refractivity contribution in [2.45, 2.75) is 19.6 Å². The van der Waals surface area contributed by atoms with Gasteiger partial charge in [-0.1, -0.05) is 24.3 Å². The van der Waals surface area contributed by atoms with E-state index in [2.05, 4.69) is 38.8 Å². The maximum absolute atomic E-state index is 9.73. The Kier molecular flexibility index (Phi) is 4.80. The Hall–Kier alpha value is -4.94. The molecule has 35 heavy (non-hydrogen) atoms. The second kappa shape index (κ2) is 8.13. The molecule has 0 saturated carbocycles. The highest BCUT2D eigenvalue weighted by Crippen LogP contribution is 2.36. The Morgan fingerprint density at radius 1 is 0.971 bits per heavy atom. The number of aromatic nitrogens is 3. The SMILES string of the molecule is Cc1cncn1[C@@H]1c2ccc(C#N)c(c2)COc2cccc(c2)-c2cc(C#N)nc3ccc1cc23. The monoisotopic (exact) mass is 453 g/mol. The van der Waals surface area contributed by atoms with Crippen LogP contribution >= 0.6 is 0 Å². The van der Waals surface area contributed by atoms with Gasteiger partial charge in [0, 0.05) is 22.8 Å². The third kappa shape index (κ3) is 3.49. The van der Waals surface area contributed by atoms with Gasteiger partial charge in [0.05, 0.1) is 29.5 Å². The highest BCUT2D eigenvalue weighted by atomic mass is 16.5. The van der Waals surface area contributed by atoms with E-state index >= 15 is 0 Å². The maximum atomic E-state index is 9.73. The Morgan fingerprint density at radius 3 is 2.63 bits per heavy atom. The van der Waals surface area contributed by atoms with Crippen molar-refractivity contribution < 1.29 is 4.74 Å². The minimum absolute atomic E-state index is 0.166. The summed E-state index contributed by atoms with van der Waals surface area (Å²) in [5, 5.41) is 20.3. The number of hydrogen-bond acceptors (Lipinski definition) is 5. The van der Waals surface area contributed by atoms with Crippen molar-refractivity contribution in [3.8, 4) is 29.0 Å². The van der Waals surface area contributed by atoms with Crippen molar-refractivity contribution in [2.24, 2.45) is 0 Å². The number of fused-ring (bicyclic) bond motifs is 6. The molecule has 3 aromatic carbocycles. The van der Waals surface area contributed by atoms with E-state index in [9.17, 15) is 10.5 Å². The van der Waals surface area contributed by atoms with Crippen LogP contribution in [0.25, 0.3) is 22.0 Å². The summed E-state index contributed by atoms with van der Waals surface area (Å²) in [4.78, 5) is 8.93. The van der Waals surface area contributed by atoms with Crippen molar-refractivity contribution in [3.63, 3.8) is 0 Å². The number of hydrogen-bond donors (Lipinski definition) is 0. The number of pyridine rings is 1. The summed E-state index contributed by atoms with van der Waals surface area (Å²) in [5.41, 5.74) is 7.48. The molecule has 0 saturated heterocycles. The molecule has 0 radical (unpaired) electrons. The van der Waals surface area contributed by atoms with Crippen molar-refractivity contribution in [1.82, 2.24) is 14.5 Å². The molecule has 6 bridgehead atoms. The van der Waals surface area contributed by atoms with Crippen molar-refractivity contribution in [2.75, 3.05) is 0 Å². The number of benzene rings is 3. The topological polar surface area (TPSA) is 87.5 Å². The van der Waals surface area contributed by atoms with Crippen LogP contribution in [0.5, 0.6) is 5.75 Å². The normalized spacial score (nSPS) is 14.2. The molecular formula is C29H19N5O. The predicted octanol–water partition coefficient (Wildman–Crippen LogP) is 5.68. The molecule has 166 valence electrons. The van der Waals surface area contributed by atoms with E-state index in [1.807, 2.05) is 74.0 Å². The molecule has 2 aromatic heterocycles. The van der Waals surface area contributed by atoms with Gasteiger partial charge >= 0.3 is 0 Å². The van der Waals surface area contributed by atoms with E-state index in [1.54, 1.807) is 0 Å². The average Bonchev–Trinajstić information content (AvgIpc) is 3.32. The standard InChI is InChI=1S/C29H19N5O/c1-18-15-32-17-34(18)29-20-5-6-22(13-30)23(9-20)16-35-25-4-2-3-19(10-25)26-12-24(14-31)33-28-8-7-21(29)11-27(26)28/h2-12,15,17,29H,16H2,1H3/t29-/m1/s1. The fourth-order valence-electron chi connectivity index (χ4n) is 4.79. The van der Waals surface area contributed by atoms with E-state index in [0.29, 0.717) is 17.0 Å². The van der Waals surface area contributed by atoms with Gasteiger partial charge in [0.1, 0.15) is 24.1 Å². The fraction of sp³-hybridized carbons (Fsp3) is 0.103. The Labute approximate surface area is 202 Å². The van der Waals surface area contributed by atoms with Gasteiger partial charge in [0.25, 0.3) is 0 Å². The number of ether oxygens (including phenoxy) is 1. The van der Waals surface area contributed by atoms with Crippen molar-refractivity contribution in [3.05, 3.63) is 113 Å². The highest BCUT2D eigenvalue weighted by molar-refractivity contribution is 5.95. The van der Waals surface area contributed by atoms with E-state index in [-0.39, 0.29) is 12.6 Å². The molecule has 6 rings (SSSR count). The molecular weight excluding hydrogens is 434 g/mol. The molecule has 0 aliphatic carbocycles. The van der Waals surface area contributed by atoms with Gasteiger partial charge in [0.15, 0.2) is 0 Å². The lowest BCUT2D eigenvalue weighted by molar-refractivity contribution is 0.306. The molecule has 3 heterocycles. The van der Waals surface area contributed by atoms with Crippen molar-refractivity contribution >= 4 is 10.9 Å². The summed E-state index contributed by atoms with van der Waals surface area (Å²) in [6, 6.07) is 26.0. The zero-order valence-corrected chi connectivity index (χ0v) is 18.9. The van der Waals surface area contributed by atoms with Crippen LogP contribution in [-0.2, 0) is 6.61 Å². The minimum atomic E-state index is -0.166. The average molecular weight is 454 g/mol. The summed E-state index contributed by atoms with van der Waals surface area (Å²) in [6.07, 6.45) is 3.67. The molecule has 0 spiro atoms. The van der Waals surface area contributed by atoms with Gasteiger partial charge in [-0.25, -0.2) is 9.97 Å². The zero-order chi connectivity index (χ0) is 23.9. The van der Waals surface area contributed by atoms with Gasteiger partial charge in [-0.2, -0.15) is 10.5 Å². The van der Waals surface area contributed by atoms with Gasteiger partial charge in [-0.15, -0.1) is 0 Å². The van der Waals surface area contributed by atoms with E-state index in [4.69, 9.17) is 4.74 Å². The van der Waals surface area contributed by atoms with Gasteiger partial charge in [0.2, 0.25) is 0 Å². The van der Waals surface area contributed by atoms with Crippen LogP contribution in [0.4, 0.5) is 0 Å². The van der Waals surface area contributed by atoms with Crippen LogP contribution in [0.3, 0.4) is 0 Å². The highest BCUT2D eigenvalue weighted by Gasteiger charge is 2.21.